The van der Waals surface area contributed by atoms with Crippen molar-refractivity contribution in [2.75, 3.05) is 29.9 Å². The molecule has 1 aliphatic heterocycles. The number of anilines is 3. The van der Waals surface area contributed by atoms with E-state index in [0.29, 0.717) is 24.5 Å². The second-order valence-corrected chi connectivity index (χ2v) is 6.02. The molecular weight excluding hydrogens is 342 g/mol. The molecule has 2 N–H and O–H groups in total. The van der Waals surface area contributed by atoms with E-state index in [9.17, 15) is 9.59 Å². The minimum absolute atomic E-state index is 0.0671. The summed E-state index contributed by atoms with van der Waals surface area (Å²) in [6.45, 7) is 4.93. The second kappa shape index (κ2) is 8.51. The molecule has 0 radical (unpaired) electrons. The molecule has 3 rings (SSSR count). The van der Waals surface area contributed by atoms with Crippen molar-refractivity contribution in [3.8, 4) is 0 Å². The number of benzene rings is 2. The molecule has 0 aliphatic carbocycles. The van der Waals surface area contributed by atoms with Crippen LogP contribution in [0, 0.1) is 0 Å². The number of ether oxygens (including phenoxy) is 1. The van der Waals surface area contributed by atoms with Crippen molar-refractivity contribution < 1.29 is 14.3 Å². The van der Waals surface area contributed by atoms with Gasteiger partial charge in [0.1, 0.15) is 0 Å². The molecule has 6 heteroatoms. The average molecular weight is 365 g/mol. The van der Waals surface area contributed by atoms with E-state index in [-0.39, 0.29) is 12.5 Å². The third-order valence-electron chi connectivity index (χ3n) is 4.19. The number of carbonyl (C=O) groups excluding carboxylic acids is 2. The minimum atomic E-state index is -0.521. The number of nitrogens with one attached hydrogen (secondary N) is 2. The third-order valence-corrected chi connectivity index (χ3v) is 4.19. The van der Waals surface area contributed by atoms with Crippen molar-refractivity contribution in [2.45, 2.75) is 13.8 Å². The Balaban J connectivity index is 2.04. The van der Waals surface area contributed by atoms with Gasteiger partial charge in [-0.3, -0.25) is 15.0 Å². The predicted octanol–water partition coefficient (Wildman–Crippen LogP) is 4.01. The predicted molar refractivity (Wildman–Crippen MR) is 108 cm³/mol. The smallest absolute Gasteiger partial charge is 0.411 e. The van der Waals surface area contributed by atoms with Crippen LogP contribution in [0.3, 0.4) is 0 Å². The van der Waals surface area contributed by atoms with E-state index < -0.39 is 6.09 Å². The Hall–Kier alpha value is -3.12. The third kappa shape index (κ3) is 4.17. The van der Waals surface area contributed by atoms with Gasteiger partial charge in [-0.2, -0.15) is 0 Å². The highest BCUT2D eigenvalue weighted by molar-refractivity contribution is 6.07. The van der Waals surface area contributed by atoms with Gasteiger partial charge in [-0.15, -0.1) is 0 Å². The molecule has 2 amide bonds. The van der Waals surface area contributed by atoms with Gasteiger partial charge in [-0.05, 0) is 42.8 Å². The molecule has 0 saturated heterocycles. The standard InChI is InChI=1S/C21H23N3O3/c1-3-22-14-20(25)24-18-8-6-5-7-15(18)9-10-16-11-12-17(13-19(16)24)23-21(26)27-4-2/h5-13,22H,3-4,14H2,1-2H3,(H,23,26). The van der Waals surface area contributed by atoms with Crippen molar-refractivity contribution in [3.05, 3.63) is 53.6 Å². The summed E-state index contributed by atoms with van der Waals surface area (Å²) in [6.07, 6.45) is 3.45. The van der Waals surface area contributed by atoms with E-state index in [1.165, 1.54) is 0 Å². The lowest BCUT2D eigenvalue weighted by molar-refractivity contribution is -0.117. The molecule has 0 fully saturated rings. The van der Waals surface area contributed by atoms with Crippen LogP contribution in [0.15, 0.2) is 42.5 Å². The number of fused-ring (bicyclic) bond motifs is 2. The Kier molecular flexibility index (Phi) is 5.88. The number of amides is 2. The number of nitrogens with zero attached hydrogens (tertiary/aromatic N) is 1. The van der Waals surface area contributed by atoms with Crippen LogP contribution < -0.4 is 15.5 Å². The van der Waals surface area contributed by atoms with Crippen LogP contribution in [0.5, 0.6) is 0 Å². The molecule has 2 aromatic rings. The molecular formula is C21H23N3O3. The van der Waals surface area contributed by atoms with Crippen LogP contribution in [0.2, 0.25) is 0 Å². The van der Waals surface area contributed by atoms with Crippen LogP contribution in [-0.4, -0.2) is 31.7 Å². The van der Waals surface area contributed by atoms with Gasteiger partial charge in [0.05, 0.1) is 24.5 Å². The summed E-state index contributed by atoms with van der Waals surface area (Å²) in [5.74, 6) is -0.0671. The zero-order valence-electron chi connectivity index (χ0n) is 15.5. The fourth-order valence-corrected chi connectivity index (χ4v) is 2.96. The Morgan fingerprint density at radius 2 is 1.74 bits per heavy atom. The number of likely N-dealkylation sites (N-methyl/N-ethyl adjacent to an activating group) is 1. The average Bonchev–Trinajstić information content (AvgIpc) is 2.83. The SMILES string of the molecule is CCNCC(=O)N1c2ccccc2C=Cc2ccc(NC(=O)OCC)cc21. The number of para-hydroxylation sites is 1. The molecule has 0 aromatic heterocycles. The van der Waals surface area contributed by atoms with Crippen LogP contribution in [0.4, 0.5) is 21.9 Å². The van der Waals surface area contributed by atoms with E-state index in [2.05, 4.69) is 10.6 Å². The lowest BCUT2D eigenvalue weighted by atomic mass is 10.1. The molecule has 2 aromatic carbocycles. The van der Waals surface area contributed by atoms with Gasteiger partial charge >= 0.3 is 6.09 Å². The highest BCUT2D eigenvalue weighted by atomic mass is 16.5. The quantitative estimate of drug-likeness (QED) is 0.840. The van der Waals surface area contributed by atoms with E-state index in [1.54, 1.807) is 24.0 Å². The fraction of sp³-hybridized carbons (Fsp3) is 0.238. The summed E-state index contributed by atoms with van der Waals surface area (Å²) >= 11 is 0. The Morgan fingerprint density at radius 3 is 2.48 bits per heavy atom. The first-order valence-electron chi connectivity index (χ1n) is 9.02. The van der Waals surface area contributed by atoms with E-state index in [0.717, 1.165) is 16.8 Å². The Bertz CT molecular complexity index is 877. The zero-order valence-corrected chi connectivity index (χ0v) is 15.5. The van der Waals surface area contributed by atoms with Crippen molar-refractivity contribution in [3.63, 3.8) is 0 Å². The number of rotatable bonds is 5. The molecule has 1 aliphatic rings. The van der Waals surface area contributed by atoms with E-state index in [4.69, 9.17) is 4.74 Å². The van der Waals surface area contributed by atoms with Crippen molar-refractivity contribution in [1.82, 2.24) is 5.32 Å². The van der Waals surface area contributed by atoms with Gasteiger partial charge in [0.2, 0.25) is 5.91 Å². The highest BCUT2D eigenvalue weighted by Crippen LogP contribution is 2.37. The largest absolute Gasteiger partial charge is 0.450 e. The normalized spacial score (nSPS) is 12.0. The van der Waals surface area contributed by atoms with Crippen LogP contribution in [-0.2, 0) is 9.53 Å². The summed E-state index contributed by atoms with van der Waals surface area (Å²) in [4.78, 5) is 26.5. The highest BCUT2D eigenvalue weighted by Gasteiger charge is 2.24. The molecule has 0 saturated carbocycles. The lowest BCUT2D eigenvalue weighted by Gasteiger charge is -2.25. The topological polar surface area (TPSA) is 70.7 Å². The van der Waals surface area contributed by atoms with Crippen molar-refractivity contribution in [2.24, 2.45) is 0 Å². The molecule has 27 heavy (non-hydrogen) atoms. The first kappa shape index (κ1) is 18.7. The number of hydrogen-bond donors (Lipinski definition) is 2. The summed E-state index contributed by atoms with van der Waals surface area (Å²) in [6, 6.07) is 13.2. The van der Waals surface area contributed by atoms with Crippen molar-refractivity contribution >= 4 is 41.2 Å². The van der Waals surface area contributed by atoms with Gasteiger partial charge in [-0.25, -0.2) is 4.79 Å². The maximum Gasteiger partial charge on any atom is 0.411 e. The van der Waals surface area contributed by atoms with Gasteiger partial charge in [-0.1, -0.05) is 43.3 Å². The first-order valence-corrected chi connectivity index (χ1v) is 9.02. The molecule has 6 nitrogen and oxygen atoms in total. The monoisotopic (exact) mass is 365 g/mol. The lowest BCUT2D eigenvalue weighted by Crippen LogP contribution is -2.35. The van der Waals surface area contributed by atoms with Gasteiger partial charge < -0.3 is 10.1 Å². The molecule has 0 bridgehead atoms. The van der Waals surface area contributed by atoms with Gasteiger partial charge in [0, 0.05) is 5.69 Å². The van der Waals surface area contributed by atoms with Crippen LogP contribution in [0.1, 0.15) is 25.0 Å². The molecule has 0 unspecified atom stereocenters. The summed E-state index contributed by atoms with van der Waals surface area (Å²) in [5.41, 5.74) is 3.95. The maximum atomic E-state index is 13.0. The molecule has 1 heterocycles. The molecule has 0 atom stereocenters. The summed E-state index contributed by atoms with van der Waals surface area (Å²) in [7, 11) is 0. The summed E-state index contributed by atoms with van der Waals surface area (Å²) < 4.78 is 4.94. The van der Waals surface area contributed by atoms with E-state index in [1.807, 2.05) is 49.4 Å². The molecule has 0 spiro atoms. The summed E-state index contributed by atoms with van der Waals surface area (Å²) in [5, 5.41) is 5.79. The van der Waals surface area contributed by atoms with E-state index >= 15 is 0 Å². The minimum Gasteiger partial charge on any atom is -0.450 e. The van der Waals surface area contributed by atoms with Crippen molar-refractivity contribution in [1.29, 1.82) is 0 Å². The molecule has 140 valence electrons. The number of hydrogen-bond acceptors (Lipinski definition) is 4. The van der Waals surface area contributed by atoms with Gasteiger partial charge in [0.25, 0.3) is 0 Å². The zero-order chi connectivity index (χ0) is 19.2. The Morgan fingerprint density at radius 1 is 1.00 bits per heavy atom. The van der Waals surface area contributed by atoms with Crippen LogP contribution >= 0.6 is 0 Å². The fourth-order valence-electron chi connectivity index (χ4n) is 2.96. The second-order valence-electron chi connectivity index (χ2n) is 6.02. The van der Waals surface area contributed by atoms with Gasteiger partial charge in [0.15, 0.2) is 0 Å². The van der Waals surface area contributed by atoms with Crippen LogP contribution in [0.25, 0.3) is 12.2 Å². The number of carbonyl (C=O) groups is 2. The maximum absolute atomic E-state index is 13.0. The first-order chi connectivity index (χ1) is 13.1. The Labute approximate surface area is 158 Å².